The van der Waals surface area contributed by atoms with Gasteiger partial charge in [-0.1, -0.05) is 0 Å². The van der Waals surface area contributed by atoms with E-state index in [2.05, 4.69) is 12.6 Å². The summed E-state index contributed by atoms with van der Waals surface area (Å²) >= 11 is 3.81. The Labute approximate surface area is 75.0 Å². The lowest BCUT2D eigenvalue weighted by Crippen LogP contribution is -2.56. The summed E-state index contributed by atoms with van der Waals surface area (Å²) in [4.78, 5) is 0. The lowest BCUT2D eigenvalue weighted by atomic mass is 10.0. The van der Waals surface area contributed by atoms with Crippen molar-refractivity contribution >= 4 is 12.6 Å². The first-order valence-electron chi connectivity index (χ1n) is 3.56. The van der Waals surface area contributed by atoms with Gasteiger partial charge in [-0.25, -0.2) is 0 Å². The quantitative estimate of drug-likeness (QED) is 0.305. The summed E-state index contributed by atoms with van der Waals surface area (Å²) < 4.78 is 4.88. The monoisotopic (exact) mass is 196 g/mol. The summed E-state index contributed by atoms with van der Waals surface area (Å²) in [6.45, 7) is -0.415. The maximum Gasteiger partial charge on any atom is 0.129 e. The Kier molecular flexibility index (Phi) is 3.33. The average molecular weight is 196 g/mol. The lowest BCUT2D eigenvalue weighted by molar-refractivity contribution is -0.205. The normalized spacial score (nSPS) is 49.2. The van der Waals surface area contributed by atoms with Crippen molar-refractivity contribution in [1.29, 1.82) is 0 Å². The number of ether oxygens (including phenoxy) is 1. The van der Waals surface area contributed by atoms with Gasteiger partial charge in [0.1, 0.15) is 29.9 Å². The highest BCUT2D eigenvalue weighted by Gasteiger charge is 2.41. The first kappa shape index (κ1) is 10.2. The van der Waals surface area contributed by atoms with Crippen LogP contribution < -0.4 is 0 Å². The van der Waals surface area contributed by atoms with Crippen LogP contribution in [0.1, 0.15) is 0 Å². The van der Waals surface area contributed by atoms with Gasteiger partial charge in [0.05, 0.1) is 6.61 Å². The Balaban J connectivity index is 2.63. The van der Waals surface area contributed by atoms with Crippen LogP contribution in [0.15, 0.2) is 0 Å². The van der Waals surface area contributed by atoms with Crippen molar-refractivity contribution in [3.05, 3.63) is 0 Å². The second-order valence-electron chi connectivity index (χ2n) is 2.72. The molecule has 0 aliphatic carbocycles. The minimum absolute atomic E-state index is 0.415. The molecule has 1 fully saturated rings. The fourth-order valence-electron chi connectivity index (χ4n) is 1.08. The summed E-state index contributed by atoms with van der Waals surface area (Å²) in [6.07, 6.45) is -4.70. The summed E-state index contributed by atoms with van der Waals surface area (Å²) in [7, 11) is 0. The fraction of sp³-hybridized carbons (Fsp3) is 1.00. The van der Waals surface area contributed by atoms with Gasteiger partial charge in [0, 0.05) is 0 Å². The summed E-state index contributed by atoms with van der Waals surface area (Å²) in [6, 6.07) is 0. The van der Waals surface area contributed by atoms with Crippen LogP contribution in [0.4, 0.5) is 0 Å². The van der Waals surface area contributed by atoms with Crippen LogP contribution in [-0.2, 0) is 4.74 Å². The van der Waals surface area contributed by atoms with Crippen molar-refractivity contribution in [2.75, 3.05) is 6.61 Å². The fourth-order valence-corrected chi connectivity index (χ4v) is 1.41. The van der Waals surface area contributed by atoms with E-state index in [0.717, 1.165) is 0 Å². The molecule has 1 saturated heterocycles. The van der Waals surface area contributed by atoms with Crippen molar-refractivity contribution in [2.45, 2.75) is 29.9 Å². The van der Waals surface area contributed by atoms with Gasteiger partial charge in [-0.3, -0.25) is 0 Å². The van der Waals surface area contributed by atoms with Crippen LogP contribution in [0.3, 0.4) is 0 Å². The first-order chi connectivity index (χ1) is 5.57. The topological polar surface area (TPSA) is 90.2 Å². The number of aliphatic hydroxyl groups is 4. The van der Waals surface area contributed by atoms with Gasteiger partial charge in [-0.05, 0) is 0 Å². The summed E-state index contributed by atoms with van der Waals surface area (Å²) in [5.74, 6) is 0. The molecule has 2 unspecified atom stereocenters. The van der Waals surface area contributed by atoms with Gasteiger partial charge in [0.15, 0.2) is 0 Å². The third kappa shape index (κ3) is 1.73. The van der Waals surface area contributed by atoms with Crippen molar-refractivity contribution < 1.29 is 25.2 Å². The Morgan fingerprint density at radius 2 is 1.67 bits per heavy atom. The standard InChI is InChI=1S/C6H12O5S/c7-1-2-3(8)4(9)5(10)6(12)11-2/h2-10,12H,1H2/t2?,3-,4-,5?,6+/m1/s1. The van der Waals surface area contributed by atoms with Gasteiger partial charge < -0.3 is 25.2 Å². The number of rotatable bonds is 1. The van der Waals surface area contributed by atoms with E-state index in [1.54, 1.807) is 0 Å². The van der Waals surface area contributed by atoms with Gasteiger partial charge in [-0.2, -0.15) is 0 Å². The molecule has 5 nitrogen and oxygen atoms in total. The molecule has 72 valence electrons. The maximum absolute atomic E-state index is 9.20. The van der Waals surface area contributed by atoms with Crippen LogP contribution >= 0.6 is 12.6 Å². The van der Waals surface area contributed by atoms with Gasteiger partial charge in [-0.15, -0.1) is 12.6 Å². The molecule has 0 aromatic heterocycles. The molecule has 1 heterocycles. The highest BCUT2D eigenvalue weighted by Crippen LogP contribution is 2.22. The molecule has 0 amide bonds. The second-order valence-corrected chi connectivity index (χ2v) is 3.23. The predicted molar refractivity (Wildman–Crippen MR) is 42.8 cm³/mol. The minimum Gasteiger partial charge on any atom is -0.394 e. The van der Waals surface area contributed by atoms with Crippen LogP contribution in [-0.4, -0.2) is 56.9 Å². The van der Waals surface area contributed by atoms with Gasteiger partial charge in [0.2, 0.25) is 0 Å². The Morgan fingerprint density at radius 1 is 1.08 bits per heavy atom. The Hall–Kier alpha value is 0.150. The first-order valence-corrected chi connectivity index (χ1v) is 4.08. The Morgan fingerprint density at radius 3 is 2.17 bits per heavy atom. The molecule has 1 aliphatic rings. The number of hydrogen-bond acceptors (Lipinski definition) is 6. The zero-order valence-corrected chi connectivity index (χ0v) is 7.13. The van der Waals surface area contributed by atoms with E-state index in [1.165, 1.54) is 0 Å². The molecule has 1 rings (SSSR count). The predicted octanol–water partition coefficient (Wildman–Crippen LogP) is -2.28. The summed E-state index contributed by atoms with van der Waals surface area (Å²) in [5, 5.41) is 36.2. The third-order valence-electron chi connectivity index (χ3n) is 1.87. The molecule has 0 aromatic rings. The molecular weight excluding hydrogens is 184 g/mol. The van der Waals surface area contributed by atoms with Crippen molar-refractivity contribution in [3.63, 3.8) is 0 Å². The van der Waals surface area contributed by atoms with Crippen molar-refractivity contribution in [1.82, 2.24) is 0 Å². The molecule has 0 bridgehead atoms. The van der Waals surface area contributed by atoms with Crippen LogP contribution in [0, 0.1) is 0 Å². The van der Waals surface area contributed by atoms with Crippen LogP contribution in [0.25, 0.3) is 0 Å². The molecule has 5 atom stereocenters. The molecule has 6 heteroatoms. The van der Waals surface area contributed by atoms with Crippen molar-refractivity contribution in [2.24, 2.45) is 0 Å². The highest BCUT2D eigenvalue weighted by molar-refractivity contribution is 7.80. The lowest BCUT2D eigenvalue weighted by Gasteiger charge is -2.37. The molecule has 4 N–H and O–H groups in total. The van der Waals surface area contributed by atoms with Crippen LogP contribution in [0.2, 0.25) is 0 Å². The number of hydrogen-bond donors (Lipinski definition) is 5. The zero-order valence-electron chi connectivity index (χ0n) is 6.24. The summed E-state index contributed by atoms with van der Waals surface area (Å²) in [5.41, 5.74) is -0.874. The van der Waals surface area contributed by atoms with Crippen molar-refractivity contribution in [3.8, 4) is 0 Å². The third-order valence-corrected chi connectivity index (χ3v) is 2.29. The SMILES string of the molecule is OCC1O[C@@H](S)C(O)[C@H](O)[C@@H]1O. The number of thiol groups is 1. The molecule has 12 heavy (non-hydrogen) atoms. The molecule has 0 radical (unpaired) electrons. The van der Waals surface area contributed by atoms with E-state index in [4.69, 9.17) is 14.9 Å². The van der Waals surface area contributed by atoms with E-state index < -0.39 is 36.5 Å². The smallest absolute Gasteiger partial charge is 0.129 e. The van der Waals surface area contributed by atoms with Crippen LogP contribution in [0.5, 0.6) is 0 Å². The molecule has 0 spiro atoms. The van der Waals surface area contributed by atoms with Gasteiger partial charge >= 0.3 is 0 Å². The molecule has 1 aliphatic heterocycles. The van der Waals surface area contributed by atoms with E-state index in [-0.39, 0.29) is 0 Å². The molecule has 0 saturated carbocycles. The van der Waals surface area contributed by atoms with E-state index >= 15 is 0 Å². The molecular formula is C6H12O5S. The molecule has 0 aromatic carbocycles. The van der Waals surface area contributed by atoms with E-state index in [0.29, 0.717) is 0 Å². The van der Waals surface area contributed by atoms with E-state index in [1.807, 2.05) is 0 Å². The minimum atomic E-state index is -1.32. The van der Waals surface area contributed by atoms with E-state index in [9.17, 15) is 10.2 Å². The highest BCUT2D eigenvalue weighted by atomic mass is 32.1. The van der Waals surface area contributed by atoms with Gasteiger partial charge in [0.25, 0.3) is 0 Å². The Bertz CT molecular complexity index is 150. The largest absolute Gasteiger partial charge is 0.394 e. The zero-order chi connectivity index (χ0) is 9.30. The second kappa shape index (κ2) is 3.91. The maximum atomic E-state index is 9.20. The number of aliphatic hydroxyl groups excluding tert-OH is 4. The average Bonchev–Trinajstić information content (AvgIpc) is 2.08.